The van der Waals surface area contributed by atoms with E-state index in [9.17, 15) is 17.3 Å². The summed E-state index contributed by atoms with van der Waals surface area (Å²) in [5.41, 5.74) is 0. The SMILES string of the molecule is CCN(CC)P(=N[P+](N=P(N(CC)CC)(N(CC)CC)N(CC)CC)(N(CC)CC)N(CC)CC)(N(CC)CC)N(CC)CC.F[B-](F)(F)F. The Bertz CT molecular complexity index is 814. The number of halogens is 4. The van der Waals surface area contributed by atoms with Crippen LogP contribution < -0.4 is 0 Å². The average molecular weight is 785 g/mol. The fourth-order valence-corrected chi connectivity index (χ4v) is 23.1. The molecule has 0 fully saturated rings. The molecular weight excluding hydrogens is 704 g/mol. The molecule has 10 nitrogen and oxygen atoms in total. The molecule has 0 rings (SSSR count). The minimum atomic E-state index is -6.00. The van der Waals surface area contributed by atoms with Gasteiger partial charge >= 0.3 is 15.1 Å². The average Bonchev–Trinajstić information content (AvgIpc) is 3.08. The van der Waals surface area contributed by atoms with Crippen LogP contribution in [0.4, 0.5) is 17.3 Å². The summed E-state index contributed by atoms with van der Waals surface area (Å²) in [4.78, 5) is 0. The molecule has 0 aromatic heterocycles. The first kappa shape index (κ1) is 52.5. The topological polar surface area (TPSA) is 50.6 Å². The van der Waals surface area contributed by atoms with Gasteiger partial charge < -0.3 is 17.3 Å². The Morgan fingerprint density at radius 1 is 0.340 bits per heavy atom. The van der Waals surface area contributed by atoms with Crippen LogP contribution in [0.1, 0.15) is 111 Å². The van der Waals surface area contributed by atoms with Gasteiger partial charge in [0, 0.05) is 105 Å². The van der Waals surface area contributed by atoms with Gasteiger partial charge in [-0.05, 0) is 36.7 Å². The molecule has 0 aromatic rings. The highest BCUT2D eigenvalue weighted by molar-refractivity contribution is 7.80. The van der Waals surface area contributed by atoms with Gasteiger partial charge in [0.25, 0.3) is 0 Å². The monoisotopic (exact) mass is 785 g/mol. The molecular formula is C32H80BF4N10P3. The summed E-state index contributed by atoms with van der Waals surface area (Å²) >= 11 is 0. The zero-order valence-electron chi connectivity index (χ0n) is 35.2. The summed E-state index contributed by atoms with van der Waals surface area (Å²) in [6.45, 7) is 52.8. The molecule has 0 heterocycles. The van der Waals surface area contributed by atoms with E-state index in [0.717, 1.165) is 105 Å². The molecule has 0 bridgehead atoms. The van der Waals surface area contributed by atoms with E-state index in [-0.39, 0.29) is 0 Å². The van der Waals surface area contributed by atoms with Crippen molar-refractivity contribution in [3.8, 4) is 0 Å². The van der Waals surface area contributed by atoms with E-state index in [2.05, 4.69) is 148 Å². The van der Waals surface area contributed by atoms with E-state index in [1.165, 1.54) is 0 Å². The molecule has 0 saturated carbocycles. The lowest BCUT2D eigenvalue weighted by molar-refractivity contribution is 0.335. The van der Waals surface area contributed by atoms with Crippen LogP contribution in [0.5, 0.6) is 0 Å². The number of rotatable bonds is 26. The van der Waals surface area contributed by atoms with Crippen molar-refractivity contribution >= 4 is 30.1 Å². The third kappa shape index (κ3) is 12.7. The molecule has 50 heavy (non-hydrogen) atoms. The lowest BCUT2D eigenvalue weighted by Crippen LogP contribution is -2.44. The molecule has 0 radical (unpaired) electrons. The van der Waals surface area contributed by atoms with Crippen LogP contribution in [-0.4, -0.2) is 149 Å². The van der Waals surface area contributed by atoms with Crippen molar-refractivity contribution in [3.63, 3.8) is 0 Å². The Hall–Kier alpha value is 0.355. The Morgan fingerprint density at radius 3 is 0.580 bits per heavy atom. The zero-order valence-corrected chi connectivity index (χ0v) is 37.9. The predicted molar refractivity (Wildman–Crippen MR) is 219 cm³/mol. The molecule has 18 heteroatoms. The summed E-state index contributed by atoms with van der Waals surface area (Å²) in [5.74, 6) is 0. The molecule has 0 N–H and O–H groups in total. The van der Waals surface area contributed by atoms with Gasteiger partial charge in [0.05, 0.1) is 0 Å². The maximum Gasteiger partial charge on any atom is 0.673 e. The van der Waals surface area contributed by atoms with Crippen molar-refractivity contribution in [3.05, 3.63) is 0 Å². The number of hydrogen-bond donors (Lipinski definition) is 0. The third-order valence-electron chi connectivity index (χ3n) is 9.36. The normalized spacial score (nSPS) is 13.5. The highest BCUT2D eigenvalue weighted by atomic mass is 31.3. The van der Waals surface area contributed by atoms with Crippen LogP contribution in [0, 0.1) is 0 Å². The van der Waals surface area contributed by atoms with Crippen LogP contribution in [0.25, 0.3) is 0 Å². The fraction of sp³-hybridized carbons (Fsp3) is 1.00. The zero-order chi connectivity index (χ0) is 39.3. The molecule has 0 atom stereocenters. The Labute approximate surface area is 308 Å². The molecule has 304 valence electrons. The maximum atomic E-state index is 9.75. The molecule has 0 amide bonds. The number of nitrogens with zero attached hydrogens (tertiary/aromatic N) is 10. The maximum absolute atomic E-state index is 9.75. The van der Waals surface area contributed by atoms with Crippen LogP contribution in [0.2, 0.25) is 0 Å². The highest BCUT2D eigenvalue weighted by Gasteiger charge is 2.59. The van der Waals surface area contributed by atoms with Gasteiger partial charge in [-0.2, -0.15) is 0 Å². The summed E-state index contributed by atoms with van der Waals surface area (Å²) in [6, 6.07) is 0. The third-order valence-corrected chi connectivity index (χ3v) is 23.8. The summed E-state index contributed by atoms with van der Waals surface area (Å²) in [7, 11) is -13.4. The second-order valence-corrected chi connectivity index (χ2v) is 20.6. The van der Waals surface area contributed by atoms with E-state index in [0.29, 0.717) is 0 Å². The van der Waals surface area contributed by atoms with Crippen LogP contribution in [0.3, 0.4) is 0 Å². The quantitative estimate of drug-likeness (QED) is 0.0488. The first-order valence-corrected chi connectivity index (χ1v) is 24.4. The second kappa shape index (κ2) is 26.2. The number of hydrogen-bond acceptors (Lipinski definition) is 4. The van der Waals surface area contributed by atoms with Crippen molar-refractivity contribution in [2.75, 3.05) is 105 Å². The van der Waals surface area contributed by atoms with Crippen molar-refractivity contribution in [1.82, 2.24) is 37.4 Å². The first-order valence-electron chi connectivity index (χ1n) is 19.6. The van der Waals surface area contributed by atoms with Gasteiger partial charge in [0.2, 0.25) is 15.0 Å². The van der Waals surface area contributed by atoms with Gasteiger partial charge in [-0.25, -0.2) is 28.0 Å². The lowest BCUT2D eigenvalue weighted by Gasteiger charge is -2.50. The van der Waals surface area contributed by atoms with E-state index in [1.807, 2.05) is 0 Å². The molecule has 0 aromatic carbocycles. The molecule has 0 aliphatic rings. The van der Waals surface area contributed by atoms with Gasteiger partial charge in [0.1, 0.15) is 0 Å². The lowest BCUT2D eigenvalue weighted by atomic mass is 10.3. The Kier molecular flexibility index (Phi) is 27.5. The molecule has 0 unspecified atom stereocenters. The summed E-state index contributed by atoms with van der Waals surface area (Å²) < 4.78 is 74.0. The minimum Gasteiger partial charge on any atom is -0.418 e. The minimum absolute atomic E-state index is 0.928. The van der Waals surface area contributed by atoms with Crippen molar-refractivity contribution in [1.29, 1.82) is 0 Å². The predicted octanol–water partition coefficient (Wildman–Crippen LogP) is 10.6. The highest BCUT2D eigenvalue weighted by Crippen LogP contribution is 2.81. The van der Waals surface area contributed by atoms with Gasteiger partial charge in [-0.3, -0.25) is 0 Å². The summed E-state index contributed by atoms with van der Waals surface area (Å²) in [5, 5.41) is 0. The Morgan fingerprint density at radius 2 is 0.480 bits per heavy atom. The Balaban J connectivity index is 0. The van der Waals surface area contributed by atoms with Crippen LogP contribution >= 0.6 is 22.9 Å². The first-order chi connectivity index (χ1) is 23.6. The van der Waals surface area contributed by atoms with E-state index in [1.54, 1.807) is 0 Å². The largest absolute Gasteiger partial charge is 0.673 e. The van der Waals surface area contributed by atoms with Crippen LogP contribution in [0.15, 0.2) is 9.03 Å². The standard InChI is InChI=1S/C32H80N10P3.BF4/c1-17-35(18-2)43(36(19-3)20-4,33-44(37(21-5)22-6,38(23-7)24-8)39(25-9)26-10)34-45(40(27-11)28-12,41(29-13)30-14)42(31-15)32-16;2-1(3,4)5/h17-32H2,1-16H3;/q+1;-1. The molecule has 0 saturated heterocycles. The van der Waals surface area contributed by atoms with E-state index in [4.69, 9.17) is 9.03 Å². The molecule has 0 spiro atoms. The smallest absolute Gasteiger partial charge is 0.418 e. The fourth-order valence-electron chi connectivity index (χ4n) is 6.98. The molecule has 0 aliphatic heterocycles. The van der Waals surface area contributed by atoms with Crippen molar-refractivity contribution in [2.24, 2.45) is 9.03 Å². The summed E-state index contributed by atoms with van der Waals surface area (Å²) in [6.07, 6.45) is 0. The van der Waals surface area contributed by atoms with E-state index < -0.39 is 30.1 Å². The van der Waals surface area contributed by atoms with Crippen molar-refractivity contribution < 1.29 is 17.3 Å². The second-order valence-electron chi connectivity index (χ2n) is 11.4. The molecule has 0 aliphatic carbocycles. The van der Waals surface area contributed by atoms with Crippen molar-refractivity contribution in [2.45, 2.75) is 111 Å². The van der Waals surface area contributed by atoms with Crippen LogP contribution in [-0.2, 0) is 0 Å². The van der Waals surface area contributed by atoms with E-state index >= 15 is 0 Å². The van der Waals surface area contributed by atoms with Gasteiger partial charge in [0.15, 0.2) is 0 Å². The van der Waals surface area contributed by atoms with Gasteiger partial charge in [-0.1, -0.05) is 83.1 Å². The van der Waals surface area contributed by atoms with Gasteiger partial charge in [-0.15, -0.1) is 9.34 Å².